The van der Waals surface area contributed by atoms with E-state index in [1.54, 1.807) is 6.07 Å². The first kappa shape index (κ1) is 13.2. The van der Waals surface area contributed by atoms with Gasteiger partial charge in [0.15, 0.2) is 0 Å². The van der Waals surface area contributed by atoms with Crippen LogP contribution in [0.25, 0.3) is 5.03 Å². The monoisotopic (exact) mass is 240 g/mol. The standard InChI is InChI=1S/C14H18ClF/c1-5-9(3)12-8-14(16)11(6-2)7-13(12)10(4)15/h7-9H,4-6H2,1-3H3. The van der Waals surface area contributed by atoms with Gasteiger partial charge in [0.1, 0.15) is 5.82 Å². The summed E-state index contributed by atoms with van der Waals surface area (Å²) in [7, 11) is 0. The molecule has 2 heteroatoms. The highest BCUT2D eigenvalue weighted by atomic mass is 35.5. The van der Waals surface area contributed by atoms with Crippen molar-refractivity contribution in [3.05, 3.63) is 41.2 Å². The summed E-state index contributed by atoms with van der Waals surface area (Å²) in [6, 6.07) is 3.43. The fourth-order valence-corrected chi connectivity index (χ4v) is 1.93. The Morgan fingerprint density at radius 2 is 2.06 bits per heavy atom. The first-order valence-electron chi connectivity index (χ1n) is 5.68. The van der Waals surface area contributed by atoms with Crippen molar-refractivity contribution in [2.45, 2.75) is 39.5 Å². The summed E-state index contributed by atoms with van der Waals surface area (Å²) in [5, 5.41) is 0.491. The Morgan fingerprint density at radius 3 is 2.50 bits per heavy atom. The van der Waals surface area contributed by atoms with E-state index in [9.17, 15) is 4.39 Å². The van der Waals surface area contributed by atoms with E-state index in [-0.39, 0.29) is 5.82 Å². The molecule has 0 aliphatic rings. The van der Waals surface area contributed by atoms with Crippen molar-refractivity contribution < 1.29 is 4.39 Å². The molecule has 1 rings (SSSR count). The highest BCUT2D eigenvalue weighted by Gasteiger charge is 2.14. The summed E-state index contributed by atoms with van der Waals surface area (Å²) in [6.07, 6.45) is 1.63. The quantitative estimate of drug-likeness (QED) is 0.686. The third-order valence-electron chi connectivity index (χ3n) is 3.04. The second kappa shape index (κ2) is 5.49. The molecule has 0 N–H and O–H groups in total. The Balaban J connectivity index is 3.36. The van der Waals surface area contributed by atoms with Crippen LogP contribution in [0.5, 0.6) is 0 Å². The van der Waals surface area contributed by atoms with Gasteiger partial charge >= 0.3 is 0 Å². The van der Waals surface area contributed by atoms with Gasteiger partial charge in [0.05, 0.1) is 0 Å². The molecule has 0 aliphatic heterocycles. The average molecular weight is 241 g/mol. The highest BCUT2D eigenvalue weighted by Crippen LogP contribution is 2.31. The molecule has 0 amide bonds. The Labute approximate surface area is 102 Å². The van der Waals surface area contributed by atoms with E-state index in [4.69, 9.17) is 11.6 Å². The molecule has 0 aromatic heterocycles. The van der Waals surface area contributed by atoms with Crippen LogP contribution in [0.15, 0.2) is 18.7 Å². The molecule has 0 spiro atoms. The summed E-state index contributed by atoms with van der Waals surface area (Å²) in [5.41, 5.74) is 2.54. The van der Waals surface area contributed by atoms with Crippen molar-refractivity contribution >= 4 is 16.6 Å². The number of benzene rings is 1. The number of halogens is 2. The predicted molar refractivity (Wildman–Crippen MR) is 69.4 cm³/mol. The largest absolute Gasteiger partial charge is 0.207 e. The van der Waals surface area contributed by atoms with E-state index in [0.717, 1.165) is 17.5 Å². The van der Waals surface area contributed by atoms with Crippen LogP contribution in [0, 0.1) is 5.82 Å². The Bertz CT molecular complexity index is 396. The summed E-state index contributed by atoms with van der Waals surface area (Å²) in [5.74, 6) is 0.158. The Kier molecular flexibility index (Phi) is 4.55. The van der Waals surface area contributed by atoms with E-state index in [1.165, 1.54) is 0 Å². The van der Waals surface area contributed by atoms with Crippen LogP contribution in [0.3, 0.4) is 0 Å². The third kappa shape index (κ3) is 2.65. The smallest absolute Gasteiger partial charge is 0.126 e. The SMILES string of the molecule is C=C(Cl)c1cc(CC)c(F)cc1C(C)CC. The molecule has 88 valence electrons. The van der Waals surface area contributed by atoms with Gasteiger partial charge in [-0.1, -0.05) is 39.0 Å². The van der Waals surface area contributed by atoms with Gasteiger partial charge in [-0.3, -0.25) is 0 Å². The van der Waals surface area contributed by atoms with Crippen molar-refractivity contribution in [1.29, 1.82) is 0 Å². The third-order valence-corrected chi connectivity index (χ3v) is 3.24. The molecule has 1 aromatic rings. The molecular weight excluding hydrogens is 223 g/mol. The summed E-state index contributed by atoms with van der Waals surface area (Å²) in [6.45, 7) is 9.84. The first-order valence-corrected chi connectivity index (χ1v) is 6.06. The van der Waals surface area contributed by atoms with Gasteiger partial charge < -0.3 is 0 Å². The minimum atomic E-state index is -0.139. The number of rotatable bonds is 4. The van der Waals surface area contributed by atoms with Crippen LogP contribution in [0.1, 0.15) is 49.8 Å². The molecule has 0 radical (unpaired) electrons. The second-order valence-corrected chi connectivity index (χ2v) is 4.55. The lowest BCUT2D eigenvalue weighted by Crippen LogP contribution is -2.00. The van der Waals surface area contributed by atoms with E-state index in [2.05, 4.69) is 20.4 Å². The zero-order valence-electron chi connectivity index (χ0n) is 10.1. The molecule has 0 saturated heterocycles. The molecule has 1 aromatic carbocycles. The van der Waals surface area contributed by atoms with Crippen molar-refractivity contribution in [3.8, 4) is 0 Å². The lowest BCUT2D eigenvalue weighted by atomic mass is 9.91. The summed E-state index contributed by atoms with van der Waals surface area (Å²) in [4.78, 5) is 0. The van der Waals surface area contributed by atoms with Crippen molar-refractivity contribution in [2.24, 2.45) is 0 Å². The number of hydrogen-bond donors (Lipinski definition) is 0. The zero-order valence-corrected chi connectivity index (χ0v) is 10.9. The molecule has 16 heavy (non-hydrogen) atoms. The van der Waals surface area contributed by atoms with Crippen molar-refractivity contribution in [3.63, 3.8) is 0 Å². The highest BCUT2D eigenvalue weighted by molar-refractivity contribution is 6.48. The Hall–Kier alpha value is -0.820. The maximum absolute atomic E-state index is 13.7. The van der Waals surface area contributed by atoms with E-state index < -0.39 is 0 Å². The van der Waals surface area contributed by atoms with Crippen molar-refractivity contribution in [1.82, 2.24) is 0 Å². The molecule has 0 aliphatic carbocycles. The van der Waals surface area contributed by atoms with Gasteiger partial charge in [-0.2, -0.15) is 0 Å². The molecule has 0 bridgehead atoms. The van der Waals surface area contributed by atoms with Gasteiger partial charge in [-0.25, -0.2) is 4.39 Å². The summed E-state index contributed by atoms with van der Waals surface area (Å²) >= 11 is 5.97. The minimum Gasteiger partial charge on any atom is -0.207 e. The Morgan fingerprint density at radius 1 is 1.44 bits per heavy atom. The zero-order chi connectivity index (χ0) is 12.3. The lowest BCUT2D eigenvalue weighted by Gasteiger charge is -2.16. The number of aryl methyl sites for hydroxylation is 1. The maximum Gasteiger partial charge on any atom is 0.126 e. The van der Waals surface area contributed by atoms with Gasteiger partial charge in [-0.15, -0.1) is 0 Å². The molecule has 1 unspecified atom stereocenters. The lowest BCUT2D eigenvalue weighted by molar-refractivity contribution is 0.604. The molecule has 0 saturated carbocycles. The average Bonchev–Trinajstić information content (AvgIpc) is 2.27. The van der Waals surface area contributed by atoms with Crippen LogP contribution < -0.4 is 0 Å². The van der Waals surface area contributed by atoms with Crippen LogP contribution >= 0.6 is 11.6 Å². The van der Waals surface area contributed by atoms with Crippen LogP contribution in [-0.2, 0) is 6.42 Å². The second-order valence-electron chi connectivity index (χ2n) is 4.10. The van der Waals surface area contributed by atoms with Gasteiger partial charge in [0, 0.05) is 5.03 Å². The van der Waals surface area contributed by atoms with Gasteiger partial charge in [0.25, 0.3) is 0 Å². The molecule has 0 fully saturated rings. The summed E-state index contributed by atoms with van der Waals surface area (Å²) < 4.78 is 13.7. The maximum atomic E-state index is 13.7. The van der Waals surface area contributed by atoms with Crippen LogP contribution in [0.2, 0.25) is 0 Å². The molecule has 0 heterocycles. The van der Waals surface area contributed by atoms with Gasteiger partial charge in [0.2, 0.25) is 0 Å². The predicted octanol–water partition coefficient (Wildman–Crippen LogP) is 5.11. The van der Waals surface area contributed by atoms with E-state index in [0.29, 0.717) is 22.9 Å². The molecule has 0 nitrogen and oxygen atoms in total. The fourth-order valence-electron chi connectivity index (χ4n) is 1.77. The topological polar surface area (TPSA) is 0 Å². The first-order chi connectivity index (χ1) is 7.51. The van der Waals surface area contributed by atoms with E-state index in [1.807, 2.05) is 13.0 Å². The van der Waals surface area contributed by atoms with E-state index >= 15 is 0 Å². The fraction of sp³-hybridized carbons (Fsp3) is 0.429. The van der Waals surface area contributed by atoms with Crippen LogP contribution in [0.4, 0.5) is 4.39 Å². The van der Waals surface area contributed by atoms with Gasteiger partial charge in [-0.05, 0) is 47.6 Å². The normalized spacial score (nSPS) is 12.6. The number of hydrogen-bond acceptors (Lipinski definition) is 0. The molecular formula is C14H18ClF. The van der Waals surface area contributed by atoms with Crippen LogP contribution in [-0.4, -0.2) is 0 Å². The molecule has 1 atom stereocenters. The minimum absolute atomic E-state index is 0.139. The van der Waals surface area contributed by atoms with Crippen molar-refractivity contribution in [2.75, 3.05) is 0 Å².